The second kappa shape index (κ2) is 12.1. The van der Waals surface area contributed by atoms with Gasteiger partial charge in [-0.1, -0.05) is 19.1 Å². The second-order valence-corrected chi connectivity index (χ2v) is 8.10. The Balaban J connectivity index is 0.00000341. The first-order chi connectivity index (χ1) is 14.5. The summed E-state index contributed by atoms with van der Waals surface area (Å²) in [7, 11) is 0. The van der Waals surface area contributed by atoms with Crippen LogP contribution >= 0.6 is 24.0 Å². The monoisotopic (exact) mass is 539 g/mol. The van der Waals surface area contributed by atoms with Gasteiger partial charge in [0.25, 0.3) is 5.91 Å². The molecule has 3 rings (SSSR count). The Labute approximate surface area is 202 Å². The first kappa shape index (κ1) is 25.2. The minimum atomic E-state index is -0.259. The van der Waals surface area contributed by atoms with Crippen LogP contribution in [-0.2, 0) is 6.54 Å². The van der Waals surface area contributed by atoms with Gasteiger partial charge in [0.1, 0.15) is 0 Å². The zero-order valence-corrected chi connectivity index (χ0v) is 21.1. The molecule has 3 N–H and O–H groups in total. The van der Waals surface area contributed by atoms with Crippen molar-refractivity contribution in [2.75, 3.05) is 25.0 Å². The molecule has 1 aromatic carbocycles. The molecule has 1 fully saturated rings. The summed E-state index contributed by atoms with van der Waals surface area (Å²) in [5.74, 6) is 1.45. The maximum absolute atomic E-state index is 12.1. The number of anilines is 1. The normalized spacial score (nSPS) is 19.2. The van der Waals surface area contributed by atoms with Gasteiger partial charge in [-0.25, -0.2) is 4.99 Å². The van der Waals surface area contributed by atoms with Gasteiger partial charge in [-0.05, 0) is 56.5 Å². The summed E-state index contributed by atoms with van der Waals surface area (Å²) < 4.78 is 5.11. The molecule has 0 radical (unpaired) electrons. The number of carbonyl (C=O) groups is 1. The number of likely N-dealkylation sites (tertiary alicyclic amines) is 1. The molecule has 7 nitrogen and oxygen atoms in total. The number of halogens is 1. The fourth-order valence-electron chi connectivity index (χ4n) is 3.57. The highest BCUT2D eigenvalue weighted by Gasteiger charge is 2.31. The number of guanidine groups is 1. The average molecular weight is 539 g/mol. The first-order valence-corrected chi connectivity index (χ1v) is 10.7. The van der Waals surface area contributed by atoms with Gasteiger partial charge in [-0.15, -0.1) is 24.0 Å². The molecule has 1 aliphatic rings. The summed E-state index contributed by atoms with van der Waals surface area (Å²) in [5, 5.41) is 9.78. The highest BCUT2D eigenvalue weighted by Crippen LogP contribution is 2.18. The summed E-state index contributed by atoms with van der Waals surface area (Å²) in [6, 6.07) is 12.0. The SMILES string of the molecule is CCNC(=NCc1ccc(NC(=O)c2ccco2)cc1)NC1CN(C(C)C)CC1C.I. The molecule has 31 heavy (non-hydrogen) atoms. The number of rotatable bonds is 7. The molecule has 2 heterocycles. The van der Waals surface area contributed by atoms with Crippen molar-refractivity contribution in [1.29, 1.82) is 0 Å². The standard InChI is InChI=1S/C23H33N5O2.HI/c1-5-24-23(27-20-15-28(16(2)3)14-17(20)4)25-13-18-8-10-19(11-9-18)26-22(29)21-7-6-12-30-21;/h6-12,16-17,20H,5,13-15H2,1-4H3,(H,26,29)(H2,24,25,27);1H. The summed E-state index contributed by atoms with van der Waals surface area (Å²) in [4.78, 5) is 19.3. The van der Waals surface area contributed by atoms with E-state index in [9.17, 15) is 4.79 Å². The minimum absolute atomic E-state index is 0. The van der Waals surface area contributed by atoms with Crippen molar-refractivity contribution in [2.45, 2.75) is 46.3 Å². The number of benzene rings is 1. The van der Waals surface area contributed by atoms with Crippen LogP contribution in [-0.4, -0.2) is 48.5 Å². The summed E-state index contributed by atoms with van der Waals surface area (Å²) >= 11 is 0. The number of hydrogen-bond acceptors (Lipinski definition) is 4. The number of nitrogens with one attached hydrogen (secondary N) is 3. The maximum Gasteiger partial charge on any atom is 0.291 e. The predicted octanol–water partition coefficient (Wildman–Crippen LogP) is 3.93. The predicted molar refractivity (Wildman–Crippen MR) is 136 cm³/mol. The van der Waals surface area contributed by atoms with Crippen molar-refractivity contribution in [3.05, 3.63) is 54.0 Å². The summed E-state index contributed by atoms with van der Waals surface area (Å²) in [5.41, 5.74) is 1.80. The molecular formula is C23H34IN5O2. The largest absolute Gasteiger partial charge is 0.459 e. The molecule has 1 aliphatic heterocycles. The van der Waals surface area contributed by atoms with Crippen molar-refractivity contribution in [2.24, 2.45) is 10.9 Å². The lowest BCUT2D eigenvalue weighted by atomic mass is 10.1. The van der Waals surface area contributed by atoms with E-state index >= 15 is 0 Å². The highest BCUT2D eigenvalue weighted by atomic mass is 127. The lowest BCUT2D eigenvalue weighted by Crippen LogP contribution is -2.46. The molecule has 1 saturated heterocycles. The van der Waals surface area contributed by atoms with Crippen LogP contribution in [0.4, 0.5) is 5.69 Å². The Morgan fingerprint density at radius 2 is 1.97 bits per heavy atom. The van der Waals surface area contributed by atoms with Crippen LogP contribution in [0.5, 0.6) is 0 Å². The third kappa shape index (κ3) is 7.24. The molecule has 2 aromatic rings. The topological polar surface area (TPSA) is 81.9 Å². The van der Waals surface area contributed by atoms with Crippen LogP contribution in [0, 0.1) is 5.92 Å². The quantitative estimate of drug-likeness (QED) is 0.282. The number of carbonyl (C=O) groups excluding carboxylic acids is 1. The van der Waals surface area contributed by atoms with Crippen LogP contribution in [0.1, 0.15) is 43.8 Å². The second-order valence-electron chi connectivity index (χ2n) is 8.10. The lowest BCUT2D eigenvalue weighted by molar-refractivity contribution is 0.0996. The van der Waals surface area contributed by atoms with Crippen molar-refractivity contribution in [3.8, 4) is 0 Å². The molecule has 0 spiro atoms. The third-order valence-electron chi connectivity index (χ3n) is 5.41. The van der Waals surface area contributed by atoms with Crippen molar-refractivity contribution >= 4 is 41.5 Å². The fourth-order valence-corrected chi connectivity index (χ4v) is 3.57. The van der Waals surface area contributed by atoms with Crippen LogP contribution in [0.2, 0.25) is 0 Å². The highest BCUT2D eigenvalue weighted by molar-refractivity contribution is 14.0. The Bertz CT molecular complexity index is 836. The maximum atomic E-state index is 12.1. The number of aliphatic imine (C=N–C) groups is 1. The Kier molecular flexibility index (Phi) is 9.83. The number of amides is 1. The Morgan fingerprint density at radius 3 is 2.55 bits per heavy atom. The van der Waals surface area contributed by atoms with Gasteiger partial charge in [0.2, 0.25) is 0 Å². The van der Waals surface area contributed by atoms with E-state index in [4.69, 9.17) is 9.41 Å². The Morgan fingerprint density at radius 1 is 1.23 bits per heavy atom. The van der Waals surface area contributed by atoms with Gasteiger partial charge in [-0.3, -0.25) is 9.69 Å². The van der Waals surface area contributed by atoms with E-state index in [1.165, 1.54) is 6.26 Å². The van der Waals surface area contributed by atoms with Gasteiger partial charge < -0.3 is 20.4 Å². The zero-order valence-electron chi connectivity index (χ0n) is 18.7. The van der Waals surface area contributed by atoms with Crippen LogP contribution in [0.15, 0.2) is 52.1 Å². The summed E-state index contributed by atoms with van der Waals surface area (Å²) in [6.45, 7) is 12.4. The van der Waals surface area contributed by atoms with Crippen LogP contribution < -0.4 is 16.0 Å². The fraction of sp³-hybridized carbons (Fsp3) is 0.478. The van der Waals surface area contributed by atoms with Gasteiger partial charge in [0, 0.05) is 37.4 Å². The molecule has 170 valence electrons. The molecule has 0 bridgehead atoms. The molecule has 1 amide bonds. The molecule has 0 aliphatic carbocycles. The zero-order chi connectivity index (χ0) is 21.5. The number of nitrogens with zero attached hydrogens (tertiary/aromatic N) is 2. The van der Waals surface area contributed by atoms with Crippen molar-refractivity contribution in [1.82, 2.24) is 15.5 Å². The van der Waals surface area contributed by atoms with E-state index in [0.29, 0.717) is 30.3 Å². The van der Waals surface area contributed by atoms with Gasteiger partial charge in [0.05, 0.1) is 12.8 Å². The molecular weight excluding hydrogens is 505 g/mol. The molecule has 1 aromatic heterocycles. The van der Waals surface area contributed by atoms with Crippen molar-refractivity contribution < 1.29 is 9.21 Å². The minimum Gasteiger partial charge on any atom is -0.459 e. The van der Waals surface area contributed by atoms with Gasteiger partial charge in [-0.2, -0.15) is 0 Å². The smallest absolute Gasteiger partial charge is 0.291 e. The molecule has 2 unspecified atom stereocenters. The van der Waals surface area contributed by atoms with Gasteiger partial charge in [0.15, 0.2) is 11.7 Å². The average Bonchev–Trinajstić information content (AvgIpc) is 3.38. The number of furan rings is 1. The van der Waals surface area contributed by atoms with E-state index in [-0.39, 0.29) is 29.9 Å². The van der Waals surface area contributed by atoms with Gasteiger partial charge >= 0.3 is 0 Å². The van der Waals surface area contributed by atoms with Crippen molar-refractivity contribution in [3.63, 3.8) is 0 Å². The van der Waals surface area contributed by atoms with E-state index in [1.807, 2.05) is 24.3 Å². The molecule has 8 heteroatoms. The van der Waals surface area contributed by atoms with E-state index in [1.54, 1.807) is 12.1 Å². The first-order valence-electron chi connectivity index (χ1n) is 10.7. The lowest BCUT2D eigenvalue weighted by Gasteiger charge is -2.22. The van der Waals surface area contributed by atoms with Crippen LogP contribution in [0.3, 0.4) is 0 Å². The number of hydrogen-bond donors (Lipinski definition) is 3. The summed E-state index contributed by atoms with van der Waals surface area (Å²) in [6.07, 6.45) is 1.48. The van der Waals surface area contributed by atoms with E-state index in [2.05, 4.69) is 48.5 Å². The molecule has 0 saturated carbocycles. The Hall–Kier alpha value is -2.07. The van der Waals surface area contributed by atoms with Crippen LogP contribution in [0.25, 0.3) is 0 Å². The van der Waals surface area contributed by atoms with E-state index in [0.717, 1.165) is 36.8 Å². The third-order valence-corrected chi connectivity index (χ3v) is 5.41. The van der Waals surface area contributed by atoms with E-state index < -0.39 is 0 Å². The molecule has 2 atom stereocenters.